The molecular weight excluding hydrogens is 256 g/mol. The van der Waals surface area contributed by atoms with Crippen LogP contribution in [0.2, 0.25) is 5.02 Å². The lowest BCUT2D eigenvalue weighted by atomic mass is 9.96. The van der Waals surface area contributed by atoms with Crippen LogP contribution in [0, 0.1) is 5.92 Å². The van der Waals surface area contributed by atoms with E-state index in [1.54, 1.807) is 0 Å². The third kappa shape index (κ3) is 3.71. The highest BCUT2D eigenvalue weighted by atomic mass is 35.5. The number of hydrogen-bond acceptors (Lipinski definition) is 2. The van der Waals surface area contributed by atoms with Gasteiger partial charge in [-0.1, -0.05) is 43.6 Å². The van der Waals surface area contributed by atoms with Crippen molar-refractivity contribution >= 4 is 11.6 Å². The minimum absolute atomic E-state index is 0.138. The van der Waals surface area contributed by atoms with Crippen molar-refractivity contribution in [3.05, 3.63) is 34.9 Å². The average molecular weight is 281 g/mol. The predicted molar refractivity (Wildman–Crippen MR) is 82.4 cm³/mol. The van der Waals surface area contributed by atoms with Gasteiger partial charge in [0, 0.05) is 17.6 Å². The second-order valence-electron chi connectivity index (χ2n) is 5.57. The molecule has 19 heavy (non-hydrogen) atoms. The van der Waals surface area contributed by atoms with Crippen molar-refractivity contribution in [1.82, 2.24) is 4.90 Å². The van der Waals surface area contributed by atoms with Gasteiger partial charge in [-0.15, -0.1) is 0 Å². The Bertz CT molecular complexity index is 403. The Balaban J connectivity index is 2.25. The van der Waals surface area contributed by atoms with E-state index >= 15 is 0 Å². The zero-order valence-electron chi connectivity index (χ0n) is 12.0. The number of rotatable bonds is 7. The molecule has 0 radical (unpaired) electrons. The molecule has 1 saturated carbocycles. The van der Waals surface area contributed by atoms with Crippen LogP contribution < -0.4 is 5.73 Å². The lowest BCUT2D eigenvalue weighted by molar-refractivity contribution is 0.170. The van der Waals surface area contributed by atoms with E-state index in [-0.39, 0.29) is 12.1 Å². The maximum Gasteiger partial charge on any atom is 0.0513 e. The van der Waals surface area contributed by atoms with E-state index in [0.29, 0.717) is 0 Å². The first-order valence-corrected chi connectivity index (χ1v) is 7.79. The molecule has 0 spiro atoms. The van der Waals surface area contributed by atoms with Crippen LogP contribution in [0.3, 0.4) is 0 Å². The molecule has 0 saturated heterocycles. The van der Waals surface area contributed by atoms with Crippen molar-refractivity contribution in [2.75, 3.05) is 13.1 Å². The molecule has 2 atom stereocenters. The second kappa shape index (κ2) is 6.74. The molecular formula is C16H25ClN2. The topological polar surface area (TPSA) is 29.3 Å². The minimum atomic E-state index is 0.138. The standard InChI is InChI=1S/C16H25ClN2/c1-3-15(18)16(13-7-5-6-8-14(13)17)19(4-2)11-12-9-10-12/h5-8,12,15-16H,3-4,9-11,18H2,1-2H3. The van der Waals surface area contributed by atoms with Crippen LogP contribution in [0.4, 0.5) is 0 Å². The van der Waals surface area contributed by atoms with Crippen LogP contribution >= 0.6 is 11.6 Å². The van der Waals surface area contributed by atoms with E-state index in [9.17, 15) is 0 Å². The van der Waals surface area contributed by atoms with Gasteiger partial charge in [-0.3, -0.25) is 4.90 Å². The van der Waals surface area contributed by atoms with E-state index in [2.05, 4.69) is 30.9 Å². The molecule has 1 fully saturated rings. The maximum atomic E-state index is 6.39. The van der Waals surface area contributed by atoms with Crippen molar-refractivity contribution in [2.24, 2.45) is 11.7 Å². The highest BCUT2D eigenvalue weighted by molar-refractivity contribution is 6.31. The Kier molecular flexibility index (Phi) is 5.26. The summed E-state index contributed by atoms with van der Waals surface area (Å²) in [7, 11) is 0. The average Bonchev–Trinajstić information content (AvgIpc) is 3.23. The number of hydrogen-bond donors (Lipinski definition) is 1. The summed E-state index contributed by atoms with van der Waals surface area (Å²) in [5.41, 5.74) is 7.57. The molecule has 2 N–H and O–H groups in total. The summed E-state index contributed by atoms with van der Waals surface area (Å²) in [6.45, 7) is 6.55. The monoisotopic (exact) mass is 280 g/mol. The Morgan fingerprint density at radius 3 is 2.53 bits per heavy atom. The van der Waals surface area contributed by atoms with Crippen molar-refractivity contribution < 1.29 is 0 Å². The summed E-state index contributed by atoms with van der Waals surface area (Å²) >= 11 is 6.39. The number of likely N-dealkylation sites (N-methyl/N-ethyl adjacent to an activating group) is 1. The first-order valence-electron chi connectivity index (χ1n) is 7.41. The fourth-order valence-corrected chi connectivity index (χ4v) is 2.96. The quantitative estimate of drug-likeness (QED) is 0.822. The zero-order valence-corrected chi connectivity index (χ0v) is 12.7. The highest BCUT2D eigenvalue weighted by Gasteiger charge is 2.31. The number of halogens is 1. The van der Waals surface area contributed by atoms with Crippen LogP contribution in [-0.4, -0.2) is 24.0 Å². The molecule has 2 rings (SSSR count). The van der Waals surface area contributed by atoms with Crippen molar-refractivity contribution in [3.8, 4) is 0 Å². The number of benzene rings is 1. The SMILES string of the molecule is CCC(N)C(c1ccccc1Cl)N(CC)CC1CC1. The molecule has 0 aliphatic heterocycles. The molecule has 1 aliphatic carbocycles. The Morgan fingerprint density at radius 1 is 1.32 bits per heavy atom. The predicted octanol–water partition coefficient (Wildman–Crippen LogP) is 3.85. The van der Waals surface area contributed by atoms with E-state index in [1.165, 1.54) is 18.4 Å². The first kappa shape index (κ1) is 14.8. The largest absolute Gasteiger partial charge is 0.326 e. The fraction of sp³-hybridized carbons (Fsp3) is 0.625. The Morgan fingerprint density at radius 2 is 2.00 bits per heavy atom. The van der Waals surface area contributed by atoms with Gasteiger partial charge in [0.2, 0.25) is 0 Å². The van der Waals surface area contributed by atoms with E-state index < -0.39 is 0 Å². The second-order valence-corrected chi connectivity index (χ2v) is 5.98. The molecule has 106 valence electrons. The summed E-state index contributed by atoms with van der Waals surface area (Å²) in [6.07, 6.45) is 3.71. The third-order valence-corrected chi connectivity index (χ3v) is 4.43. The minimum Gasteiger partial charge on any atom is -0.326 e. The zero-order chi connectivity index (χ0) is 13.8. The molecule has 3 heteroatoms. The lowest BCUT2D eigenvalue weighted by Gasteiger charge is -2.35. The van der Waals surface area contributed by atoms with Gasteiger partial charge in [-0.05, 0) is 43.4 Å². The van der Waals surface area contributed by atoms with Gasteiger partial charge in [0.05, 0.1) is 6.04 Å². The van der Waals surface area contributed by atoms with Crippen molar-refractivity contribution in [2.45, 2.75) is 45.2 Å². The van der Waals surface area contributed by atoms with Crippen LogP contribution in [0.15, 0.2) is 24.3 Å². The molecule has 0 amide bonds. The Hall–Kier alpha value is -0.570. The third-order valence-electron chi connectivity index (χ3n) is 4.09. The van der Waals surface area contributed by atoms with Gasteiger partial charge in [0.1, 0.15) is 0 Å². The van der Waals surface area contributed by atoms with Gasteiger partial charge in [0.25, 0.3) is 0 Å². The van der Waals surface area contributed by atoms with Crippen molar-refractivity contribution in [3.63, 3.8) is 0 Å². The fourth-order valence-electron chi connectivity index (χ4n) is 2.71. The number of nitrogens with two attached hydrogens (primary N) is 1. The lowest BCUT2D eigenvalue weighted by Crippen LogP contribution is -2.42. The first-order chi connectivity index (χ1) is 9.17. The smallest absolute Gasteiger partial charge is 0.0513 e. The molecule has 0 bridgehead atoms. The number of nitrogens with zero attached hydrogens (tertiary/aromatic N) is 1. The molecule has 2 nitrogen and oxygen atoms in total. The van der Waals surface area contributed by atoms with Gasteiger partial charge in [0.15, 0.2) is 0 Å². The molecule has 0 aromatic heterocycles. The van der Waals surface area contributed by atoms with E-state index in [1.807, 2.05) is 12.1 Å². The summed E-state index contributed by atoms with van der Waals surface area (Å²) in [6, 6.07) is 8.51. The van der Waals surface area contributed by atoms with E-state index in [4.69, 9.17) is 17.3 Å². The Labute approximate surface area is 121 Å². The van der Waals surface area contributed by atoms with Crippen molar-refractivity contribution in [1.29, 1.82) is 0 Å². The molecule has 1 aliphatic rings. The molecule has 1 aromatic rings. The molecule has 1 aromatic carbocycles. The summed E-state index contributed by atoms with van der Waals surface area (Å²) in [5.74, 6) is 0.869. The van der Waals surface area contributed by atoms with Gasteiger partial charge in [-0.25, -0.2) is 0 Å². The molecule has 2 unspecified atom stereocenters. The van der Waals surface area contributed by atoms with Crippen LogP contribution in [0.5, 0.6) is 0 Å². The highest BCUT2D eigenvalue weighted by Crippen LogP contribution is 2.35. The van der Waals surface area contributed by atoms with Gasteiger partial charge in [-0.2, -0.15) is 0 Å². The summed E-state index contributed by atoms with van der Waals surface area (Å²) in [5, 5.41) is 0.839. The summed E-state index contributed by atoms with van der Waals surface area (Å²) < 4.78 is 0. The van der Waals surface area contributed by atoms with Crippen LogP contribution in [0.25, 0.3) is 0 Å². The van der Waals surface area contributed by atoms with Gasteiger partial charge >= 0.3 is 0 Å². The molecule has 0 heterocycles. The maximum absolute atomic E-state index is 6.39. The van der Waals surface area contributed by atoms with Gasteiger partial charge < -0.3 is 5.73 Å². The van der Waals surface area contributed by atoms with Crippen LogP contribution in [0.1, 0.15) is 44.7 Å². The van der Waals surface area contributed by atoms with Crippen LogP contribution in [-0.2, 0) is 0 Å². The summed E-state index contributed by atoms with van der Waals surface area (Å²) in [4.78, 5) is 2.51. The van der Waals surface area contributed by atoms with E-state index in [0.717, 1.165) is 30.5 Å². The normalized spacial score (nSPS) is 18.6.